The maximum Gasteiger partial charge on any atom is 0.306 e. The summed E-state index contributed by atoms with van der Waals surface area (Å²) in [7, 11) is 0. The van der Waals surface area contributed by atoms with Gasteiger partial charge in [0.2, 0.25) is 0 Å². The Kier molecular flexibility index (Phi) is 8.71. The first kappa shape index (κ1) is 25.9. The van der Waals surface area contributed by atoms with Crippen LogP contribution < -0.4 is 0 Å². The first-order valence-electron chi connectivity index (χ1n) is 10.9. The molecule has 1 rings (SSSR count). The lowest BCUT2D eigenvalue weighted by Gasteiger charge is -2.33. The van der Waals surface area contributed by atoms with Crippen molar-refractivity contribution in [2.45, 2.75) is 121 Å². The zero-order chi connectivity index (χ0) is 22.6. The highest BCUT2D eigenvalue weighted by Gasteiger charge is 2.33. The minimum Gasteiger partial charge on any atom is -0.507 e. The highest BCUT2D eigenvalue weighted by atomic mass is 32.2. The van der Waals surface area contributed by atoms with Crippen LogP contribution in [0.1, 0.15) is 106 Å². The van der Waals surface area contributed by atoms with E-state index in [9.17, 15) is 9.90 Å². The van der Waals surface area contributed by atoms with Crippen molar-refractivity contribution in [2.24, 2.45) is 0 Å². The molecule has 4 heteroatoms. The van der Waals surface area contributed by atoms with Crippen LogP contribution in [-0.2, 0) is 20.4 Å². The molecular formula is C25H42O3S. The maximum absolute atomic E-state index is 12.2. The van der Waals surface area contributed by atoms with Crippen molar-refractivity contribution in [3.05, 3.63) is 23.3 Å². The average Bonchev–Trinajstić information content (AvgIpc) is 2.54. The molecule has 0 saturated carbocycles. The second-order valence-electron chi connectivity index (χ2n) is 10.7. The van der Waals surface area contributed by atoms with Crippen molar-refractivity contribution in [1.82, 2.24) is 0 Å². The molecule has 3 nitrogen and oxygen atoms in total. The molecule has 1 aromatic rings. The van der Waals surface area contributed by atoms with Crippen LogP contribution >= 0.6 is 11.8 Å². The molecule has 0 radical (unpaired) electrons. The third kappa shape index (κ3) is 7.55. The molecule has 0 aromatic heterocycles. The summed E-state index contributed by atoms with van der Waals surface area (Å²) in [5.74, 6) is 0.277. The van der Waals surface area contributed by atoms with E-state index in [1.54, 1.807) is 11.8 Å². The van der Waals surface area contributed by atoms with Gasteiger partial charge in [0, 0.05) is 22.4 Å². The van der Waals surface area contributed by atoms with Crippen LogP contribution in [0.4, 0.5) is 0 Å². The average molecular weight is 423 g/mol. The summed E-state index contributed by atoms with van der Waals surface area (Å²) in [5, 5.41) is 10.9. The second kappa shape index (κ2) is 9.76. The molecule has 0 aliphatic heterocycles. The summed E-state index contributed by atoms with van der Waals surface area (Å²) in [6.45, 7) is 21.0. The number of unbranched alkanes of at least 4 members (excludes halogenated alkanes) is 2. The van der Waals surface area contributed by atoms with Crippen molar-refractivity contribution in [3.63, 3.8) is 0 Å². The van der Waals surface area contributed by atoms with E-state index in [1.165, 1.54) is 0 Å². The van der Waals surface area contributed by atoms with Crippen LogP contribution in [0.25, 0.3) is 0 Å². The predicted molar refractivity (Wildman–Crippen MR) is 125 cm³/mol. The second-order valence-corrected chi connectivity index (χ2v) is 12.4. The van der Waals surface area contributed by atoms with Crippen molar-refractivity contribution < 1.29 is 14.6 Å². The van der Waals surface area contributed by atoms with Gasteiger partial charge in [0.25, 0.3) is 0 Å². The van der Waals surface area contributed by atoms with Gasteiger partial charge in [-0.3, -0.25) is 4.79 Å². The Labute approximate surface area is 183 Å². The molecule has 1 atom stereocenters. The zero-order valence-corrected chi connectivity index (χ0v) is 21.0. The molecular weight excluding hydrogens is 380 g/mol. The van der Waals surface area contributed by atoms with Crippen molar-refractivity contribution in [2.75, 3.05) is 0 Å². The number of phenolic OH excluding ortho intramolecular Hbond substituents is 1. The first-order chi connectivity index (χ1) is 13.1. The number of ether oxygens (including phenoxy) is 1. The Morgan fingerprint density at radius 3 is 1.90 bits per heavy atom. The van der Waals surface area contributed by atoms with E-state index in [2.05, 4.69) is 74.4 Å². The fraction of sp³-hybridized carbons (Fsp3) is 0.720. The Bertz CT molecular complexity index is 658. The van der Waals surface area contributed by atoms with Crippen LogP contribution in [0.5, 0.6) is 5.75 Å². The lowest BCUT2D eigenvalue weighted by Crippen LogP contribution is -2.34. The molecule has 0 heterocycles. The molecule has 166 valence electrons. The van der Waals surface area contributed by atoms with Gasteiger partial charge >= 0.3 is 5.97 Å². The molecule has 1 N–H and O–H groups in total. The van der Waals surface area contributed by atoms with Gasteiger partial charge in [-0.15, -0.1) is 11.8 Å². The van der Waals surface area contributed by atoms with Crippen LogP contribution in [0.2, 0.25) is 0 Å². The standard InChI is InChI=1S/C25H42O3S/c1-11-12-13-14-21(26)28-17(2)25(9,10)29-18-15-19(23(3,4)5)22(27)20(16-18)24(6,7)8/h15-17,27H,11-14H2,1-10H3. The molecule has 0 fully saturated rings. The molecule has 0 aliphatic rings. The maximum atomic E-state index is 12.2. The fourth-order valence-electron chi connectivity index (χ4n) is 3.11. The van der Waals surface area contributed by atoms with Crippen molar-refractivity contribution in [1.29, 1.82) is 0 Å². The van der Waals surface area contributed by atoms with Gasteiger partial charge in [-0.05, 0) is 50.2 Å². The third-order valence-electron chi connectivity index (χ3n) is 5.35. The van der Waals surface area contributed by atoms with Gasteiger partial charge in [0.05, 0.1) is 4.75 Å². The van der Waals surface area contributed by atoms with Crippen molar-refractivity contribution in [3.8, 4) is 5.75 Å². The number of benzene rings is 1. The molecule has 1 aromatic carbocycles. The number of carbonyl (C=O) groups is 1. The van der Waals surface area contributed by atoms with Crippen LogP contribution in [0.15, 0.2) is 17.0 Å². The number of hydrogen-bond donors (Lipinski definition) is 1. The Hall–Kier alpha value is -1.16. The minimum atomic E-state index is -0.290. The van der Waals surface area contributed by atoms with E-state index >= 15 is 0 Å². The highest BCUT2D eigenvalue weighted by molar-refractivity contribution is 8.00. The lowest BCUT2D eigenvalue weighted by molar-refractivity contribution is -0.149. The highest BCUT2D eigenvalue weighted by Crippen LogP contribution is 2.45. The Balaban J connectivity index is 3.13. The number of carbonyl (C=O) groups excluding carboxylic acids is 1. The van der Waals surface area contributed by atoms with E-state index in [1.807, 2.05) is 6.92 Å². The molecule has 0 bridgehead atoms. The number of thioether (sulfide) groups is 1. The molecule has 1 unspecified atom stereocenters. The Morgan fingerprint density at radius 2 is 1.48 bits per heavy atom. The number of esters is 1. The molecule has 29 heavy (non-hydrogen) atoms. The fourth-order valence-corrected chi connectivity index (χ4v) is 4.29. The molecule has 0 spiro atoms. The van der Waals surface area contributed by atoms with E-state index in [4.69, 9.17) is 4.74 Å². The minimum absolute atomic E-state index is 0.115. The number of hydrogen-bond acceptors (Lipinski definition) is 4. The number of phenols is 1. The SMILES string of the molecule is CCCCCC(=O)OC(C)C(C)(C)Sc1cc(C(C)(C)C)c(O)c(C(C)(C)C)c1. The quantitative estimate of drug-likeness (QED) is 0.270. The van der Waals surface area contributed by atoms with Crippen LogP contribution in [0.3, 0.4) is 0 Å². The smallest absolute Gasteiger partial charge is 0.306 e. The summed E-state index contributed by atoms with van der Waals surface area (Å²) >= 11 is 1.71. The summed E-state index contributed by atoms with van der Waals surface area (Å²) in [6.07, 6.45) is 3.31. The topological polar surface area (TPSA) is 46.5 Å². The van der Waals surface area contributed by atoms with Gasteiger partial charge in [0.1, 0.15) is 11.9 Å². The Morgan fingerprint density at radius 1 is 1.00 bits per heavy atom. The number of aromatic hydroxyl groups is 1. The third-order valence-corrected chi connectivity index (χ3v) is 6.68. The van der Waals surface area contributed by atoms with Gasteiger partial charge in [-0.25, -0.2) is 0 Å². The largest absolute Gasteiger partial charge is 0.507 e. The zero-order valence-electron chi connectivity index (χ0n) is 20.2. The van der Waals surface area contributed by atoms with Crippen LogP contribution in [-0.4, -0.2) is 21.9 Å². The van der Waals surface area contributed by atoms with Gasteiger partial charge in [-0.2, -0.15) is 0 Å². The summed E-state index contributed by atoms with van der Waals surface area (Å²) in [4.78, 5) is 13.3. The molecule has 0 aliphatic carbocycles. The van der Waals surface area contributed by atoms with Gasteiger partial charge in [0.15, 0.2) is 0 Å². The van der Waals surface area contributed by atoms with Crippen molar-refractivity contribution >= 4 is 17.7 Å². The number of rotatable bonds is 8. The normalized spacial score (nSPS) is 14.0. The van der Waals surface area contributed by atoms with Crippen LogP contribution in [0, 0.1) is 0 Å². The molecule has 0 amide bonds. The van der Waals surface area contributed by atoms with E-state index < -0.39 is 0 Å². The van der Waals surface area contributed by atoms with E-state index in [0.717, 1.165) is 35.3 Å². The van der Waals surface area contributed by atoms with Gasteiger partial charge < -0.3 is 9.84 Å². The summed E-state index contributed by atoms with van der Waals surface area (Å²) < 4.78 is 5.45. The van der Waals surface area contributed by atoms with E-state index in [-0.39, 0.29) is 27.7 Å². The predicted octanol–water partition coefficient (Wildman–Crippen LogP) is 7.37. The summed E-state index contributed by atoms with van der Waals surface area (Å²) in [5.41, 5.74) is 1.57. The first-order valence-corrected chi connectivity index (χ1v) is 11.7. The molecule has 0 saturated heterocycles. The monoisotopic (exact) mass is 422 g/mol. The summed E-state index contributed by atoms with van der Waals surface area (Å²) in [6, 6.07) is 4.18. The van der Waals surface area contributed by atoms with E-state index in [0.29, 0.717) is 12.2 Å². The lowest BCUT2D eigenvalue weighted by atomic mass is 9.79. The van der Waals surface area contributed by atoms with Gasteiger partial charge in [-0.1, -0.05) is 61.3 Å².